The molecule has 2 aromatic carbocycles. The molecule has 0 fully saturated rings. The van der Waals surface area contributed by atoms with Crippen molar-refractivity contribution in [3.8, 4) is 22.9 Å². The van der Waals surface area contributed by atoms with Gasteiger partial charge in [-0.05, 0) is 68.3 Å². The number of aryl methyl sites for hydroxylation is 4. The lowest BCUT2D eigenvalue weighted by Gasteiger charge is -2.16. The number of benzene rings is 2. The van der Waals surface area contributed by atoms with Crippen molar-refractivity contribution in [3.05, 3.63) is 95.2 Å². The van der Waals surface area contributed by atoms with E-state index in [9.17, 15) is 13.2 Å². The van der Waals surface area contributed by atoms with Crippen molar-refractivity contribution in [1.29, 1.82) is 0 Å². The number of rotatable bonds is 6. The number of hydrogen-bond donors (Lipinski definition) is 2. The number of fused-ring (bicyclic) bond motifs is 1. The van der Waals surface area contributed by atoms with Crippen LogP contribution in [0.1, 0.15) is 27.0 Å². The molecule has 39 heavy (non-hydrogen) atoms. The summed E-state index contributed by atoms with van der Waals surface area (Å²) in [6.07, 6.45) is 1.96. The Balaban J connectivity index is 1.61. The fourth-order valence-electron chi connectivity index (χ4n) is 4.60. The highest BCUT2D eigenvalue weighted by molar-refractivity contribution is 7.90. The molecule has 0 unspecified atom stereocenters. The molecule has 10 heteroatoms. The van der Waals surface area contributed by atoms with Gasteiger partial charge < -0.3 is 15.0 Å². The Labute approximate surface area is 226 Å². The van der Waals surface area contributed by atoms with E-state index in [1.807, 2.05) is 75.0 Å². The maximum atomic E-state index is 13.3. The predicted octanol–water partition coefficient (Wildman–Crippen LogP) is 5.05. The van der Waals surface area contributed by atoms with Crippen molar-refractivity contribution in [1.82, 2.24) is 19.3 Å². The number of carbonyl (C=O) groups excluding carboxylic acids is 1. The molecule has 0 aliphatic carbocycles. The number of anilines is 1. The van der Waals surface area contributed by atoms with E-state index in [0.29, 0.717) is 11.4 Å². The van der Waals surface area contributed by atoms with E-state index in [2.05, 4.69) is 9.71 Å². The van der Waals surface area contributed by atoms with E-state index >= 15 is 0 Å². The van der Waals surface area contributed by atoms with E-state index in [-0.39, 0.29) is 22.3 Å². The van der Waals surface area contributed by atoms with Gasteiger partial charge >= 0.3 is 0 Å². The van der Waals surface area contributed by atoms with Crippen LogP contribution in [0.15, 0.2) is 78.0 Å². The van der Waals surface area contributed by atoms with Gasteiger partial charge in [-0.3, -0.25) is 4.79 Å². The molecule has 0 saturated carbocycles. The van der Waals surface area contributed by atoms with Crippen LogP contribution in [0.25, 0.3) is 22.2 Å². The van der Waals surface area contributed by atoms with Crippen LogP contribution < -0.4 is 15.2 Å². The zero-order chi connectivity index (χ0) is 27.9. The number of sulfonamides is 1. The Bertz CT molecular complexity index is 1840. The first-order valence-electron chi connectivity index (χ1n) is 12.1. The first-order chi connectivity index (χ1) is 18.5. The molecule has 0 atom stereocenters. The second-order valence-corrected chi connectivity index (χ2v) is 11.0. The minimum atomic E-state index is -4.31. The molecule has 0 radical (unpaired) electrons. The van der Waals surface area contributed by atoms with Gasteiger partial charge in [-0.2, -0.15) is 8.42 Å². The molecule has 3 heterocycles. The van der Waals surface area contributed by atoms with E-state index < -0.39 is 15.9 Å². The Morgan fingerprint density at radius 1 is 0.949 bits per heavy atom. The van der Waals surface area contributed by atoms with Gasteiger partial charge in [-0.25, -0.2) is 14.7 Å². The van der Waals surface area contributed by atoms with E-state index in [0.717, 1.165) is 33.2 Å². The van der Waals surface area contributed by atoms with Crippen LogP contribution in [0, 0.1) is 20.8 Å². The quantitative estimate of drug-likeness (QED) is 0.308. The molecule has 0 bridgehead atoms. The van der Waals surface area contributed by atoms with Gasteiger partial charge in [-0.15, -0.1) is 0 Å². The normalized spacial score (nSPS) is 11.5. The third-order valence-electron chi connectivity index (χ3n) is 6.36. The molecule has 5 aromatic rings. The van der Waals surface area contributed by atoms with Gasteiger partial charge in [0.15, 0.2) is 5.03 Å². The molecule has 0 aliphatic rings. The summed E-state index contributed by atoms with van der Waals surface area (Å²) in [5.41, 5.74) is 10.8. The number of ether oxygens (including phenoxy) is 1. The molecule has 9 nitrogen and oxygen atoms in total. The molecular weight excluding hydrogens is 514 g/mol. The summed E-state index contributed by atoms with van der Waals surface area (Å²) in [5, 5.41) is 0.609. The first-order valence-corrected chi connectivity index (χ1v) is 13.6. The summed E-state index contributed by atoms with van der Waals surface area (Å²) in [4.78, 5) is 21.9. The third kappa shape index (κ3) is 5.06. The molecule has 1 amide bonds. The lowest BCUT2D eigenvalue weighted by molar-refractivity contribution is 0.0978. The lowest BCUT2D eigenvalue weighted by atomic mass is 10.1. The second kappa shape index (κ2) is 9.88. The summed E-state index contributed by atoms with van der Waals surface area (Å²) >= 11 is 0. The van der Waals surface area contributed by atoms with Crippen LogP contribution in [-0.2, 0) is 17.1 Å². The highest BCUT2D eigenvalue weighted by atomic mass is 32.2. The number of hydrogen-bond acceptors (Lipinski definition) is 7. The van der Waals surface area contributed by atoms with E-state index in [1.165, 1.54) is 24.3 Å². The Hall–Kier alpha value is -4.70. The van der Waals surface area contributed by atoms with Crippen LogP contribution >= 0.6 is 0 Å². The maximum Gasteiger partial charge on any atom is 0.281 e. The number of nitrogens with zero attached hydrogens (tertiary/aromatic N) is 3. The number of amides is 1. The highest BCUT2D eigenvalue weighted by Crippen LogP contribution is 2.34. The fourth-order valence-corrected chi connectivity index (χ4v) is 5.54. The number of nitrogens with two attached hydrogens (primary N) is 1. The van der Waals surface area contributed by atoms with Crippen LogP contribution in [0.3, 0.4) is 0 Å². The van der Waals surface area contributed by atoms with Crippen molar-refractivity contribution in [2.75, 3.05) is 5.73 Å². The van der Waals surface area contributed by atoms with Gasteiger partial charge in [0.05, 0.1) is 5.69 Å². The summed E-state index contributed by atoms with van der Waals surface area (Å²) in [7, 11) is -2.35. The SMILES string of the molecule is Cc1cc(C)c(Oc2nc(-c3cccc4c3ccn4C)ccc2C(=O)NS(=O)(=O)c2cccc(N)n2)c(C)c1. The number of aromatic nitrogens is 3. The molecule has 0 saturated heterocycles. The number of nitrogens with one attached hydrogen (secondary N) is 1. The molecule has 0 aliphatic heterocycles. The first kappa shape index (κ1) is 25.9. The second-order valence-electron chi connectivity index (χ2n) is 9.38. The Morgan fingerprint density at radius 2 is 1.67 bits per heavy atom. The van der Waals surface area contributed by atoms with Crippen molar-refractivity contribution in [2.24, 2.45) is 7.05 Å². The van der Waals surface area contributed by atoms with Gasteiger partial charge in [0.1, 0.15) is 17.1 Å². The predicted molar refractivity (Wildman–Crippen MR) is 150 cm³/mol. The van der Waals surface area contributed by atoms with Crippen LogP contribution in [0.4, 0.5) is 5.82 Å². The zero-order valence-electron chi connectivity index (χ0n) is 21.9. The molecular formula is C29H27N5O4S. The summed E-state index contributed by atoms with van der Waals surface area (Å²) in [6.45, 7) is 5.79. The largest absolute Gasteiger partial charge is 0.438 e. The third-order valence-corrected chi connectivity index (χ3v) is 7.59. The zero-order valence-corrected chi connectivity index (χ0v) is 22.7. The fraction of sp³-hybridized carbons (Fsp3) is 0.138. The minimum Gasteiger partial charge on any atom is -0.438 e. The summed E-state index contributed by atoms with van der Waals surface area (Å²) in [5.74, 6) is -0.379. The molecule has 3 aromatic heterocycles. The smallest absolute Gasteiger partial charge is 0.281 e. The van der Waals surface area contributed by atoms with Gasteiger partial charge in [0.2, 0.25) is 5.88 Å². The van der Waals surface area contributed by atoms with Crippen LogP contribution in [0.2, 0.25) is 0 Å². The minimum absolute atomic E-state index is 0.0146. The van der Waals surface area contributed by atoms with Crippen molar-refractivity contribution >= 4 is 32.7 Å². The average Bonchev–Trinajstić information content (AvgIpc) is 3.26. The average molecular weight is 542 g/mol. The van der Waals surface area contributed by atoms with Crippen molar-refractivity contribution in [3.63, 3.8) is 0 Å². The molecule has 3 N–H and O–H groups in total. The monoisotopic (exact) mass is 541 g/mol. The number of nitrogen functional groups attached to an aromatic ring is 1. The molecule has 0 spiro atoms. The number of pyridine rings is 2. The Kier molecular flexibility index (Phi) is 6.57. The number of carbonyl (C=O) groups is 1. The van der Waals surface area contributed by atoms with Crippen LogP contribution in [-0.4, -0.2) is 28.9 Å². The summed E-state index contributed by atoms with van der Waals surface area (Å²) < 4.78 is 36.1. The molecule has 5 rings (SSSR count). The van der Waals surface area contributed by atoms with Gasteiger partial charge in [0, 0.05) is 29.7 Å². The standard InChI is InChI=1S/C29H27N5O4S/c1-17-15-18(2)27(19(3)16-17)38-29-22(28(35)33-39(36,37)26-10-6-9-25(30)32-26)11-12-23(31-29)20-7-5-8-24-21(20)13-14-34(24)4/h5-16H,1-4H3,(H2,30,32)(H,33,35). The van der Waals surface area contributed by atoms with Crippen molar-refractivity contribution < 1.29 is 17.9 Å². The Morgan fingerprint density at radius 3 is 2.38 bits per heavy atom. The lowest BCUT2D eigenvalue weighted by Crippen LogP contribution is -2.31. The maximum absolute atomic E-state index is 13.3. The van der Waals surface area contributed by atoms with Crippen LogP contribution in [0.5, 0.6) is 11.6 Å². The topological polar surface area (TPSA) is 129 Å². The van der Waals surface area contributed by atoms with E-state index in [1.54, 1.807) is 6.07 Å². The van der Waals surface area contributed by atoms with Crippen molar-refractivity contribution in [2.45, 2.75) is 25.8 Å². The van der Waals surface area contributed by atoms with Gasteiger partial charge in [0.25, 0.3) is 15.9 Å². The van der Waals surface area contributed by atoms with E-state index in [4.69, 9.17) is 15.5 Å². The van der Waals surface area contributed by atoms with Gasteiger partial charge in [-0.1, -0.05) is 35.9 Å². The summed E-state index contributed by atoms with van der Waals surface area (Å²) in [6, 6.07) is 19.1. The molecule has 198 valence electrons. The highest BCUT2D eigenvalue weighted by Gasteiger charge is 2.25.